The Balaban J connectivity index is 1.45. The average molecular weight is 464 g/mol. The number of carbonyl (C=O) groups excluding carboxylic acids is 3. The highest BCUT2D eigenvalue weighted by molar-refractivity contribution is 6.10. The number of benzene rings is 2. The van der Waals surface area contributed by atoms with Crippen LogP contribution in [0.1, 0.15) is 51.0 Å². The fourth-order valence-electron chi connectivity index (χ4n) is 4.94. The Morgan fingerprint density at radius 1 is 1.06 bits per heavy atom. The minimum atomic E-state index is -1.04. The van der Waals surface area contributed by atoms with Gasteiger partial charge in [0.15, 0.2) is 0 Å². The topological polar surface area (TPSA) is 79.0 Å². The molecule has 4 amide bonds. The number of nitrogens with one attached hydrogen (secondary N) is 1. The number of para-hydroxylation sites is 1. The summed E-state index contributed by atoms with van der Waals surface area (Å²) < 4.78 is 5.19. The smallest absolute Gasteiger partial charge is 0.325 e. The molecule has 180 valence electrons. The average Bonchev–Trinajstić information content (AvgIpc) is 3.08. The summed E-state index contributed by atoms with van der Waals surface area (Å²) in [7, 11) is 1.62. The Morgan fingerprint density at radius 2 is 1.74 bits per heavy atom. The first-order valence-electron chi connectivity index (χ1n) is 12.1. The van der Waals surface area contributed by atoms with Crippen LogP contribution in [0.5, 0.6) is 5.75 Å². The molecule has 1 atom stereocenters. The van der Waals surface area contributed by atoms with E-state index >= 15 is 0 Å². The van der Waals surface area contributed by atoms with Crippen LogP contribution in [-0.2, 0) is 16.0 Å². The summed E-state index contributed by atoms with van der Waals surface area (Å²) in [5.74, 6) is 0.197. The summed E-state index contributed by atoms with van der Waals surface area (Å²) in [6, 6.07) is 16.8. The number of hydrogen-bond donors (Lipinski definition) is 1. The standard InChI is InChI=1S/C27H33N3O4/c1-27(18-17-20-13-15-23(34-2)16-14-20)25(32)29(26(33)28-27)19-24(31)30(21-9-5-3-6-10-21)22-11-7-4-8-12-22/h3,5-6,9-10,13-16,22H,4,7-8,11-12,17-19H2,1-2H3,(H,28,33)/t27-/m0/s1. The first kappa shape index (κ1) is 23.8. The van der Waals surface area contributed by atoms with Gasteiger partial charge in [0, 0.05) is 11.7 Å². The number of aryl methyl sites for hydroxylation is 1. The lowest BCUT2D eigenvalue weighted by Gasteiger charge is -2.35. The molecule has 2 aromatic rings. The van der Waals surface area contributed by atoms with Gasteiger partial charge in [0.2, 0.25) is 5.91 Å². The van der Waals surface area contributed by atoms with Crippen LogP contribution >= 0.6 is 0 Å². The van der Waals surface area contributed by atoms with Gasteiger partial charge in [0.25, 0.3) is 5.91 Å². The number of nitrogens with zero attached hydrogens (tertiary/aromatic N) is 2. The molecule has 1 saturated carbocycles. The zero-order chi connectivity index (χ0) is 24.1. The molecule has 2 aromatic carbocycles. The van der Waals surface area contributed by atoms with E-state index in [9.17, 15) is 14.4 Å². The number of hydrogen-bond acceptors (Lipinski definition) is 4. The zero-order valence-electron chi connectivity index (χ0n) is 20.0. The molecule has 1 aliphatic carbocycles. The quantitative estimate of drug-likeness (QED) is 0.592. The van der Waals surface area contributed by atoms with Crippen LogP contribution in [-0.4, -0.2) is 48.0 Å². The number of ether oxygens (including phenoxy) is 1. The number of anilines is 1. The second-order valence-corrected chi connectivity index (χ2v) is 9.39. The molecule has 1 heterocycles. The molecular weight excluding hydrogens is 430 g/mol. The molecule has 2 fully saturated rings. The van der Waals surface area contributed by atoms with Crippen molar-refractivity contribution < 1.29 is 19.1 Å². The van der Waals surface area contributed by atoms with Crippen molar-refractivity contribution in [2.75, 3.05) is 18.6 Å². The van der Waals surface area contributed by atoms with E-state index in [0.717, 1.165) is 47.6 Å². The van der Waals surface area contributed by atoms with Crippen molar-refractivity contribution >= 4 is 23.5 Å². The van der Waals surface area contributed by atoms with Crippen LogP contribution in [0.15, 0.2) is 54.6 Å². The number of carbonyl (C=O) groups is 3. The molecule has 1 aliphatic heterocycles. The first-order valence-corrected chi connectivity index (χ1v) is 12.1. The van der Waals surface area contributed by atoms with Crippen molar-refractivity contribution in [3.8, 4) is 5.75 Å². The molecule has 0 spiro atoms. The highest BCUT2D eigenvalue weighted by Gasteiger charge is 2.48. The summed E-state index contributed by atoms with van der Waals surface area (Å²) >= 11 is 0. The van der Waals surface area contributed by atoms with Crippen LogP contribution in [0.4, 0.5) is 10.5 Å². The Kier molecular flexibility index (Phi) is 7.20. The van der Waals surface area contributed by atoms with Gasteiger partial charge in [-0.05, 0) is 62.4 Å². The van der Waals surface area contributed by atoms with Crippen LogP contribution in [0.3, 0.4) is 0 Å². The van der Waals surface area contributed by atoms with Crippen molar-refractivity contribution in [2.24, 2.45) is 0 Å². The van der Waals surface area contributed by atoms with E-state index in [2.05, 4.69) is 5.32 Å². The van der Waals surface area contributed by atoms with Gasteiger partial charge in [-0.25, -0.2) is 4.79 Å². The third kappa shape index (κ3) is 5.08. The van der Waals surface area contributed by atoms with E-state index < -0.39 is 11.6 Å². The van der Waals surface area contributed by atoms with Gasteiger partial charge < -0.3 is 15.0 Å². The SMILES string of the molecule is COc1ccc(CC[C@]2(C)NC(=O)N(CC(=O)N(c3ccccc3)C3CCCCC3)C2=O)cc1. The number of rotatable bonds is 8. The van der Waals surface area contributed by atoms with E-state index in [0.29, 0.717) is 12.8 Å². The number of imide groups is 1. The summed E-state index contributed by atoms with van der Waals surface area (Å²) in [4.78, 5) is 42.4. The largest absolute Gasteiger partial charge is 0.497 e. The maximum Gasteiger partial charge on any atom is 0.325 e. The maximum absolute atomic E-state index is 13.5. The van der Waals surface area contributed by atoms with Crippen molar-refractivity contribution in [1.82, 2.24) is 10.2 Å². The lowest BCUT2D eigenvalue weighted by atomic mass is 9.93. The van der Waals surface area contributed by atoms with Gasteiger partial charge in [0.1, 0.15) is 17.8 Å². The Bertz CT molecular complexity index is 1020. The predicted octanol–water partition coefficient (Wildman–Crippen LogP) is 4.30. The van der Waals surface area contributed by atoms with E-state index in [1.165, 1.54) is 6.42 Å². The molecule has 1 saturated heterocycles. The zero-order valence-corrected chi connectivity index (χ0v) is 20.0. The van der Waals surface area contributed by atoms with Gasteiger partial charge in [-0.2, -0.15) is 0 Å². The molecule has 7 heteroatoms. The third-order valence-electron chi connectivity index (χ3n) is 6.95. The van der Waals surface area contributed by atoms with Crippen molar-refractivity contribution in [1.29, 1.82) is 0 Å². The summed E-state index contributed by atoms with van der Waals surface area (Å²) in [5.41, 5.74) is 0.819. The Morgan fingerprint density at radius 3 is 2.38 bits per heavy atom. The van der Waals surface area contributed by atoms with Crippen molar-refractivity contribution in [3.05, 3.63) is 60.2 Å². The van der Waals surface area contributed by atoms with E-state index in [1.54, 1.807) is 18.9 Å². The third-order valence-corrected chi connectivity index (χ3v) is 6.95. The van der Waals surface area contributed by atoms with Crippen molar-refractivity contribution in [3.63, 3.8) is 0 Å². The van der Waals surface area contributed by atoms with Crippen LogP contribution in [0.2, 0.25) is 0 Å². The van der Waals surface area contributed by atoms with Gasteiger partial charge in [-0.15, -0.1) is 0 Å². The van der Waals surface area contributed by atoms with E-state index in [-0.39, 0.29) is 24.4 Å². The maximum atomic E-state index is 13.5. The first-order chi connectivity index (χ1) is 16.4. The molecule has 0 aromatic heterocycles. The van der Waals surface area contributed by atoms with Crippen molar-refractivity contribution in [2.45, 2.75) is 63.5 Å². The van der Waals surface area contributed by atoms with Gasteiger partial charge >= 0.3 is 6.03 Å². The lowest BCUT2D eigenvalue weighted by Crippen LogP contribution is -2.49. The summed E-state index contributed by atoms with van der Waals surface area (Å²) in [6.45, 7) is 1.48. The highest BCUT2D eigenvalue weighted by atomic mass is 16.5. The number of urea groups is 1. The summed E-state index contributed by atoms with van der Waals surface area (Å²) in [5, 5.41) is 2.83. The highest BCUT2D eigenvalue weighted by Crippen LogP contribution is 2.29. The normalized spacial score (nSPS) is 20.8. The van der Waals surface area contributed by atoms with Crippen LogP contribution in [0, 0.1) is 0 Å². The molecule has 1 N–H and O–H groups in total. The lowest BCUT2D eigenvalue weighted by molar-refractivity contribution is -0.134. The minimum Gasteiger partial charge on any atom is -0.497 e. The van der Waals surface area contributed by atoms with Gasteiger partial charge in [-0.1, -0.05) is 49.6 Å². The van der Waals surface area contributed by atoms with E-state index in [1.807, 2.05) is 54.6 Å². The molecule has 4 rings (SSSR count). The second kappa shape index (κ2) is 10.3. The Labute approximate surface area is 201 Å². The predicted molar refractivity (Wildman–Crippen MR) is 131 cm³/mol. The molecule has 0 unspecified atom stereocenters. The van der Waals surface area contributed by atoms with Gasteiger partial charge in [0.05, 0.1) is 7.11 Å². The number of amides is 4. The van der Waals surface area contributed by atoms with Crippen LogP contribution < -0.4 is 15.0 Å². The van der Waals surface area contributed by atoms with E-state index in [4.69, 9.17) is 4.74 Å². The second-order valence-electron chi connectivity index (χ2n) is 9.39. The molecule has 0 bridgehead atoms. The molecular formula is C27H33N3O4. The fraction of sp³-hybridized carbons (Fsp3) is 0.444. The van der Waals surface area contributed by atoms with Crippen LogP contribution in [0.25, 0.3) is 0 Å². The Hall–Kier alpha value is -3.35. The monoisotopic (exact) mass is 463 g/mol. The molecule has 2 aliphatic rings. The molecule has 0 radical (unpaired) electrons. The van der Waals surface area contributed by atoms with Gasteiger partial charge in [-0.3, -0.25) is 14.5 Å². The molecule has 34 heavy (non-hydrogen) atoms. The fourth-order valence-corrected chi connectivity index (χ4v) is 4.94. The number of methoxy groups -OCH3 is 1. The summed E-state index contributed by atoms with van der Waals surface area (Å²) in [6.07, 6.45) is 6.25. The molecule has 7 nitrogen and oxygen atoms in total. The minimum absolute atomic E-state index is 0.0888.